The quantitative estimate of drug-likeness (QED) is 0.281. The molecule has 7 heteroatoms. The van der Waals surface area contributed by atoms with Crippen LogP contribution in [0.1, 0.15) is 33.2 Å². The Morgan fingerprint density at radius 1 is 0.920 bits per heavy atom. The van der Waals surface area contributed by atoms with E-state index in [1.807, 2.05) is 6.07 Å². The molecule has 0 aliphatic heterocycles. The summed E-state index contributed by atoms with van der Waals surface area (Å²) in [4.78, 5) is 35.2. The van der Waals surface area contributed by atoms with E-state index >= 15 is 0 Å². The predicted octanol–water partition coefficient (Wildman–Crippen LogP) is 1.66. The van der Waals surface area contributed by atoms with Crippen LogP contribution in [0, 0.1) is 11.3 Å². The van der Waals surface area contributed by atoms with Crippen molar-refractivity contribution in [3.63, 3.8) is 0 Å². The van der Waals surface area contributed by atoms with E-state index in [0.29, 0.717) is 11.1 Å². The lowest BCUT2D eigenvalue weighted by molar-refractivity contribution is -0.139. The number of rotatable bonds is 5. The van der Waals surface area contributed by atoms with Gasteiger partial charge in [-0.2, -0.15) is 0 Å². The molecule has 0 bridgehead atoms. The summed E-state index contributed by atoms with van der Waals surface area (Å²) in [5.74, 6) is -3.36. The maximum absolute atomic E-state index is 12.3. The van der Waals surface area contributed by atoms with Crippen molar-refractivity contribution >= 4 is 23.5 Å². The monoisotopic (exact) mass is 341 g/mol. The molecule has 0 aliphatic rings. The number of nitrogens with one attached hydrogen (secondary N) is 1. The number of carbonyl (C=O) groups excluding carboxylic acids is 2. The summed E-state index contributed by atoms with van der Waals surface area (Å²) in [6.07, 6.45) is 0. The van der Waals surface area contributed by atoms with Gasteiger partial charge < -0.3 is 16.6 Å². The van der Waals surface area contributed by atoms with E-state index in [2.05, 4.69) is 11.5 Å². The lowest BCUT2D eigenvalue weighted by Gasteiger charge is -2.07. The molecular weight excluding hydrogens is 322 g/mol. The van der Waals surface area contributed by atoms with Crippen molar-refractivity contribution in [1.82, 2.24) is 0 Å². The molecule has 0 heterocycles. The number of Topliss-reactive ketones (excluding diaryl/α,β-unsaturated/α-hetero) is 1. The van der Waals surface area contributed by atoms with E-state index < -0.39 is 17.7 Å². The third-order valence-corrected chi connectivity index (χ3v) is 3.21. The molecule has 7 nitrogen and oxygen atoms in total. The highest BCUT2D eigenvalue weighted by Crippen LogP contribution is 2.15. The molecule has 0 amide bonds. The van der Waals surface area contributed by atoms with E-state index in [1.165, 1.54) is 19.1 Å². The number of ketones is 2. The van der Waals surface area contributed by atoms with Crippen molar-refractivity contribution in [1.29, 1.82) is 5.41 Å². The predicted molar refractivity (Wildman–Crippen MR) is 93.5 cm³/mol. The minimum atomic E-state index is -1.18. The van der Waals surface area contributed by atoms with Crippen LogP contribution < -0.4 is 11.5 Å². The molecule has 2 aromatic rings. The molecular formula is C18H19N3O4. The van der Waals surface area contributed by atoms with Crippen LogP contribution in [0.15, 0.2) is 54.6 Å². The second-order valence-electron chi connectivity index (χ2n) is 5.16. The van der Waals surface area contributed by atoms with E-state index in [9.17, 15) is 14.4 Å². The van der Waals surface area contributed by atoms with Gasteiger partial charge in [-0.3, -0.25) is 19.8 Å². The summed E-state index contributed by atoms with van der Waals surface area (Å²) < 4.78 is 0. The number of carboxylic acids is 1. The summed E-state index contributed by atoms with van der Waals surface area (Å²) in [6.45, 7) is 1.33. The van der Waals surface area contributed by atoms with Gasteiger partial charge in [-0.1, -0.05) is 48.5 Å². The highest BCUT2D eigenvalue weighted by molar-refractivity contribution is 6.12. The van der Waals surface area contributed by atoms with Gasteiger partial charge >= 0.3 is 5.97 Å². The molecule has 1 unspecified atom stereocenters. The fourth-order valence-electron chi connectivity index (χ4n) is 1.93. The minimum Gasteiger partial charge on any atom is -0.481 e. The van der Waals surface area contributed by atoms with E-state index in [-0.39, 0.29) is 17.3 Å². The number of nitrogens with two attached hydrogens (primary N) is 2. The Bertz CT molecular complexity index is 784. The van der Waals surface area contributed by atoms with Gasteiger partial charge in [0.1, 0.15) is 5.92 Å². The molecule has 25 heavy (non-hydrogen) atoms. The molecule has 6 N–H and O–H groups in total. The number of carboxylic acid groups (broad SMARTS) is 1. The average Bonchev–Trinajstić information content (AvgIpc) is 2.60. The van der Waals surface area contributed by atoms with Gasteiger partial charge in [-0.25, -0.2) is 0 Å². The van der Waals surface area contributed by atoms with Gasteiger partial charge in [-0.15, -0.1) is 0 Å². The van der Waals surface area contributed by atoms with Crippen LogP contribution in [0.25, 0.3) is 0 Å². The van der Waals surface area contributed by atoms with Gasteiger partial charge in [0, 0.05) is 16.7 Å². The maximum atomic E-state index is 12.3. The van der Waals surface area contributed by atoms with Crippen LogP contribution in [0.2, 0.25) is 0 Å². The van der Waals surface area contributed by atoms with Crippen LogP contribution in [-0.4, -0.2) is 28.6 Å². The first-order chi connectivity index (χ1) is 11.7. The van der Waals surface area contributed by atoms with Crippen molar-refractivity contribution in [2.24, 2.45) is 17.4 Å². The molecule has 130 valence electrons. The molecule has 2 aromatic carbocycles. The summed E-state index contributed by atoms with van der Waals surface area (Å²) in [5.41, 5.74) is 10.1. The van der Waals surface area contributed by atoms with Gasteiger partial charge in [0.25, 0.3) is 0 Å². The van der Waals surface area contributed by atoms with E-state index in [0.717, 1.165) is 0 Å². The molecule has 0 saturated carbocycles. The number of benzene rings is 2. The fraction of sp³-hybridized carbons (Fsp3) is 0.111. The van der Waals surface area contributed by atoms with Crippen LogP contribution in [-0.2, 0) is 4.79 Å². The molecule has 0 aromatic heterocycles. The Morgan fingerprint density at radius 3 is 1.92 bits per heavy atom. The van der Waals surface area contributed by atoms with E-state index in [1.54, 1.807) is 36.4 Å². The van der Waals surface area contributed by atoms with Crippen LogP contribution in [0.5, 0.6) is 0 Å². The SMILES string of the molecule is CC(C(=O)O)C(=O)c1cccc(C(=O)c2ccccc2)c1.N=C(N)N. The van der Waals surface area contributed by atoms with Gasteiger partial charge in [0.2, 0.25) is 0 Å². The summed E-state index contributed by atoms with van der Waals surface area (Å²) in [7, 11) is 0. The van der Waals surface area contributed by atoms with Crippen molar-refractivity contribution in [3.05, 3.63) is 71.3 Å². The molecule has 0 spiro atoms. The second kappa shape index (κ2) is 8.97. The molecule has 1 atom stereocenters. The molecule has 0 fully saturated rings. The fourth-order valence-corrected chi connectivity index (χ4v) is 1.93. The smallest absolute Gasteiger partial charge is 0.314 e. The zero-order chi connectivity index (χ0) is 19.0. The Hall–Kier alpha value is -3.48. The number of hydrogen-bond donors (Lipinski definition) is 4. The molecule has 0 aliphatic carbocycles. The normalized spacial score (nSPS) is 10.8. The zero-order valence-corrected chi connectivity index (χ0v) is 13.6. The first kappa shape index (κ1) is 19.6. The maximum Gasteiger partial charge on any atom is 0.314 e. The highest BCUT2D eigenvalue weighted by atomic mass is 16.4. The van der Waals surface area contributed by atoms with Crippen molar-refractivity contribution < 1.29 is 19.5 Å². The van der Waals surface area contributed by atoms with E-state index in [4.69, 9.17) is 10.5 Å². The second-order valence-corrected chi connectivity index (χ2v) is 5.16. The molecule has 2 rings (SSSR count). The number of guanidine groups is 1. The van der Waals surface area contributed by atoms with Crippen LogP contribution in [0.4, 0.5) is 0 Å². The third kappa shape index (κ3) is 5.91. The first-order valence-electron chi connectivity index (χ1n) is 7.30. The third-order valence-electron chi connectivity index (χ3n) is 3.21. The van der Waals surface area contributed by atoms with Gasteiger partial charge in [-0.05, 0) is 13.0 Å². The van der Waals surface area contributed by atoms with Gasteiger partial charge in [0.15, 0.2) is 17.5 Å². The van der Waals surface area contributed by atoms with Crippen molar-refractivity contribution in [2.45, 2.75) is 6.92 Å². The largest absolute Gasteiger partial charge is 0.481 e. The van der Waals surface area contributed by atoms with Gasteiger partial charge in [0.05, 0.1) is 0 Å². The van der Waals surface area contributed by atoms with Crippen LogP contribution >= 0.6 is 0 Å². The average molecular weight is 341 g/mol. The molecule has 0 radical (unpaired) electrons. The zero-order valence-electron chi connectivity index (χ0n) is 13.6. The number of hydrogen-bond acceptors (Lipinski definition) is 4. The molecule has 0 saturated heterocycles. The lowest BCUT2D eigenvalue weighted by Crippen LogP contribution is -2.20. The topological polar surface area (TPSA) is 147 Å². The summed E-state index contributed by atoms with van der Waals surface area (Å²) >= 11 is 0. The number of carbonyl (C=O) groups is 3. The lowest BCUT2D eigenvalue weighted by atomic mass is 9.95. The Balaban J connectivity index is 0.000000705. The summed E-state index contributed by atoms with van der Waals surface area (Å²) in [5, 5.41) is 14.9. The Labute approximate surface area is 144 Å². The highest BCUT2D eigenvalue weighted by Gasteiger charge is 2.22. The van der Waals surface area contributed by atoms with Crippen LogP contribution in [0.3, 0.4) is 0 Å². The van der Waals surface area contributed by atoms with Crippen molar-refractivity contribution in [2.75, 3.05) is 0 Å². The Kier molecular flexibility index (Phi) is 7.02. The van der Waals surface area contributed by atoms with Crippen molar-refractivity contribution in [3.8, 4) is 0 Å². The Morgan fingerprint density at radius 2 is 1.40 bits per heavy atom. The number of aliphatic carboxylic acids is 1. The standard InChI is InChI=1S/C17H14O4.CH5N3/c1-11(17(20)21)15(18)13-8-5-9-14(10-13)16(19)12-6-3-2-4-7-12;2-1(3)4/h2-11H,1H3,(H,20,21);(H5,2,3,4). The minimum absolute atomic E-state index is 0.201. The first-order valence-corrected chi connectivity index (χ1v) is 7.30. The summed E-state index contributed by atoms with van der Waals surface area (Å²) in [6, 6.07) is 14.9.